The smallest absolute Gasteiger partial charge is 0.209 e. The maximum absolute atomic E-state index is 14.0. The molecule has 0 amide bonds. The van der Waals surface area contributed by atoms with Gasteiger partial charge in [-0.05, 0) is 23.7 Å². The van der Waals surface area contributed by atoms with Gasteiger partial charge in [-0.15, -0.1) is 5.10 Å². The first kappa shape index (κ1) is 14.6. The molecule has 0 unspecified atom stereocenters. The Morgan fingerprint density at radius 1 is 1.35 bits per heavy atom. The third kappa shape index (κ3) is 2.70. The number of rotatable bonds is 3. The molecule has 0 spiro atoms. The minimum absolute atomic E-state index is 0.00218. The lowest BCUT2D eigenvalue weighted by atomic mass is 9.90. The summed E-state index contributed by atoms with van der Waals surface area (Å²) in [5, 5.41) is 4.00. The molecule has 1 heterocycles. The van der Waals surface area contributed by atoms with E-state index in [1.165, 1.54) is 19.2 Å². The largest absolute Gasteiger partial charge is 0.497 e. The fraction of sp³-hybridized carbons (Fsp3) is 0.357. The molecule has 0 N–H and O–H groups in total. The lowest BCUT2D eigenvalue weighted by Gasteiger charge is -2.16. The number of ketones is 1. The van der Waals surface area contributed by atoms with Crippen LogP contribution in [-0.4, -0.2) is 22.5 Å². The van der Waals surface area contributed by atoms with Crippen molar-refractivity contribution in [1.29, 1.82) is 0 Å². The Hall–Kier alpha value is -1.82. The summed E-state index contributed by atoms with van der Waals surface area (Å²) in [5.74, 6) is -0.634. The van der Waals surface area contributed by atoms with Gasteiger partial charge in [-0.3, -0.25) is 4.79 Å². The van der Waals surface area contributed by atoms with Gasteiger partial charge in [0.15, 0.2) is 0 Å². The molecule has 0 fully saturated rings. The Balaban J connectivity index is 2.45. The second-order valence-corrected chi connectivity index (χ2v) is 6.13. The van der Waals surface area contributed by atoms with Gasteiger partial charge >= 0.3 is 0 Å². The van der Waals surface area contributed by atoms with Crippen LogP contribution in [0.1, 0.15) is 41.7 Å². The number of carbonyl (C=O) groups excluding carboxylic acids is 1. The first-order valence-electron chi connectivity index (χ1n) is 6.05. The predicted molar refractivity (Wildman–Crippen MR) is 75.0 cm³/mol. The van der Waals surface area contributed by atoms with E-state index in [-0.39, 0.29) is 11.0 Å². The van der Waals surface area contributed by atoms with Crippen LogP contribution in [0.3, 0.4) is 0 Å². The highest BCUT2D eigenvalue weighted by molar-refractivity contribution is 7.08. The highest BCUT2D eigenvalue weighted by atomic mass is 32.1. The van der Waals surface area contributed by atoms with E-state index in [1.807, 2.05) is 20.8 Å². The number of benzene rings is 1. The van der Waals surface area contributed by atoms with Gasteiger partial charge in [0, 0.05) is 11.5 Å². The van der Waals surface area contributed by atoms with Gasteiger partial charge in [0.2, 0.25) is 5.78 Å². The molecule has 0 aliphatic rings. The van der Waals surface area contributed by atoms with Crippen molar-refractivity contribution < 1.29 is 13.9 Å². The molecule has 1 aromatic heterocycles. The summed E-state index contributed by atoms with van der Waals surface area (Å²) in [6, 6.07) is 4.17. The number of ether oxygens (including phenoxy) is 1. The topological polar surface area (TPSA) is 52.1 Å². The quantitative estimate of drug-likeness (QED) is 0.816. The normalized spacial score (nSPS) is 11.4. The molecule has 4 nitrogen and oxygen atoms in total. The van der Waals surface area contributed by atoms with Gasteiger partial charge in [-0.2, -0.15) is 0 Å². The molecule has 0 atom stereocenters. The number of hydrogen-bond acceptors (Lipinski definition) is 5. The van der Waals surface area contributed by atoms with Gasteiger partial charge in [-0.1, -0.05) is 25.3 Å². The average Bonchev–Trinajstić information content (AvgIpc) is 2.86. The van der Waals surface area contributed by atoms with Crippen LogP contribution in [0.2, 0.25) is 0 Å². The summed E-state index contributed by atoms with van der Waals surface area (Å²) in [5.41, 5.74) is 0.270. The minimum Gasteiger partial charge on any atom is -0.497 e. The number of hydrogen-bond donors (Lipinski definition) is 0. The molecule has 0 saturated heterocycles. The monoisotopic (exact) mass is 294 g/mol. The molecule has 1 aromatic carbocycles. The van der Waals surface area contributed by atoms with Gasteiger partial charge in [0.1, 0.15) is 16.4 Å². The zero-order chi connectivity index (χ0) is 14.9. The van der Waals surface area contributed by atoms with Crippen molar-refractivity contribution in [1.82, 2.24) is 9.59 Å². The van der Waals surface area contributed by atoms with Gasteiger partial charge in [0.05, 0.1) is 18.4 Å². The lowest BCUT2D eigenvalue weighted by molar-refractivity contribution is 0.103. The van der Waals surface area contributed by atoms with Crippen LogP contribution in [0, 0.1) is 5.82 Å². The SMILES string of the molecule is COc1ccc(C(=O)c2snnc2C(C)(C)C)c(F)c1. The fourth-order valence-electron chi connectivity index (χ4n) is 1.76. The fourth-order valence-corrected chi connectivity index (χ4v) is 2.59. The van der Waals surface area contributed by atoms with Crippen LogP contribution in [0.4, 0.5) is 4.39 Å². The summed E-state index contributed by atoms with van der Waals surface area (Å²) >= 11 is 0.989. The van der Waals surface area contributed by atoms with E-state index in [1.54, 1.807) is 6.07 Å². The van der Waals surface area contributed by atoms with Crippen molar-refractivity contribution >= 4 is 17.3 Å². The van der Waals surface area contributed by atoms with Crippen LogP contribution in [0.25, 0.3) is 0 Å². The Kier molecular flexibility index (Phi) is 3.85. The first-order chi connectivity index (χ1) is 9.34. The summed E-state index contributed by atoms with van der Waals surface area (Å²) in [7, 11) is 1.45. The lowest BCUT2D eigenvalue weighted by Crippen LogP contribution is -2.17. The van der Waals surface area contributed by atoms with Crippen molar-refractivity contribution in [3.63, 3.8) is 0 Å². The zero-order valence-electron chi connectivity index (χ0n) is 11.7. The molecule has 0 aliphatic carbocycles. The Bertz CT molecular complexity index is 647. The molecule has 20 heavy (non-hydrogen) atoms. The van der Waals surface area contributed by atoms with Crippen LogP contribution in [0.15, 0.2) is 18.2 Å². The van der Waals surface area contributed by atoms with Crippen LogP contribution < -0.4 is 4.74 Å². The second-order valence-electron chi connectivity index (χ2n) is 5.38. The maximum Gasteiger partial charge on any atom is 0.209 e. The van der Waals surface area contributed by atoms with E-state index in [0.29, 0.717) is 16.3 Å². The van der Waals surface area contributed by atoms with E-state index in [4.69, 9.17) is 4.74 Å². The highest BCUT2D eigenvalue weighted by Gasteiger charge is 2.28. The second kappa shape index (κ2) is 5.28. The van der Waals surface area contributed by atoms with Crippen molar-refractivity contribution in [2.75, 3.05) is 7.11 Å². The summed E-state index contributed by atoms with van der Waals surface area (Å²) in [6.07, 6.45) is 0. The molecule has 106 valence electrons. The number of carbonyl (C=O) groups is 1. The maximum atomic E-state index is 14.0. The number of aromatic nitrogens is 2. The van der Waals surface area contributed by atoms with Crippen LogP contribution in [-0.2, 0) is 5.41 Å². The van der Waals surface area contributed by atoms with E-state index in [0.717, 1.165) is 11.5 Å². The van der Waals surface area contributed by atoms with E-state index in [9.17, 15) is 9.18 Å². The third-order valence-electron chi connectivity index (χ3n) is 2.83. The molecule has 0 saturated carbocycles. The number of methoxy groups -OCH3 is 1. The molecule has 2 rings (SSSR count). The number of nitrogens with zero attached hydrogens (tertiary/aromatic N) is 2. The Morgan fingerprint density at radius 2 is 2.05 bits per heavy atom. The van der Waals surface area contributed by atoms with Crippen molar-refractivity contribution in [3.8, 4) is 5.75 Å². The van der Waals surface area contributed by atoms with Crippen molar-refractivity contribution in [2.45, 2.75) is 26.2 Å². The summed E-state index contributed by atoms with van der Waals surface area (Å²) < 4.78 is 22.7. The van der Waals surface area contributed by atoms with Gasteiger partial charge in [-0.25, -0.2) is 4.39 Å². The Labute approximate surface area is 120 Å². The van der Waals surface area contributed by atoms with Gasteiger partial charge in [0.25, 0.3) is 0 Å². The standard InChI is InChI=1S/C14H15FN2O2S/c1-14(2,3)13-12(20-17-16-13)11(18)9-6-5-8(19-4)7-10(9)15/h5-7H,1-4H3. The number of halogens is 1. The average molecular weight is 294 g/mol. The molecule has 0 radical (unpaired) electrons. The van der Waals surface area contributed by atoms with Crippen LogP contribution in [0.5, 0.6) is 5.75 Å². The molecule has 6 heteroatoms. The Morgan fingerprint density at radius 3 is 2.60 bits per heavy atom. The molecule has 0 aliphatic heterocycles. The minimum atomic E-state index is -0.609. The van der Waals surface area contributed by atoms with Gasteiger partial charge < -0.3 is 4.74 Å². The molecule has 2 aromatic rings. The highest BCUT2D eigenvalue weighted by Crippen LogP contribution is 2.29. The molecular weight excluding hydrogens is 279 g/mol. The van der Waals surface area contributed by atoms with Crippen molar-refractivity contribution in [3.05, 3.63) is 40.2 Å². The third-order valence-corrected chi connectivity index (χ3v) is 3.55. The predicted octanol–water partition coefficient (Wildman–Crippen LogP) is 3.21. The summed E-state index contributed by atoms with van der Waals surface area (Å²) in [6.45, 7) is 5.81. The molecular formula is C14H15FN2O2S. The van der Waals surface area contributed by atoms with Crippen LogP contribution >= 0.6 is 11.5 Å². The summed E-state index contributed by atoms with van der Waals surface area (Å²) in [4.78, 5) is 12.8. The van der Waals surface area contributed by atoms with E-state index < -0.39 is 11.6 Å². The first-order valence-corrected chi connectivity index (χ1v) is 6.83. The van der Waals surface area contributed by atoms with E-state index in [2.05, 4.69) is 9.59 Å². The van der Waals surface area contributed by atoms with E-state index >= 15 is 0 Å². The van der Waals surface area contributed by atoms with Crippen molar-refractivity contribution in [2.24, 2.45) is 0 Å². The molecule has 0 bridgehead atoms. The zero-order valence-corrected chi connectivity index (χ0v) is 12.5.